The molecule has 0 spiro atoms. The molecule has 0 N–H and O–H groups in total. The number of nitrogens with zero attached hydrogens (tertiary/aromatic N) is 1. The Hall–Kier alpha value is -2.24. The average molecular weight is 279 g/mol. The van der Waals surface area contributed by atoms with E-state index in [2.05, 4.69) is 0 Å². The molecule has 0 amide bonds. The van der Waals surface area contributed by atoms with Crippen LogP contribution in [0.25, 0.3) is 0 Å². The Morgan fingerprint density at radius 2 is 1.75 bits per heavy atom. The van der Waals surface area contributed by atoms with Gasteiger partial charge in [-0.3, -0.25) is 19.7 Å². The maximum absolute atomic E-state index is 11.8. The van der Waals surface area contributed by atoms with Gasteiger partial charge in [-0.15, -0.1) is 0 Å². The summed E-state index contributed by atoms with van der Waals surface area (Å²) in [5.41, 5.74) is 0.413. The first kappa shape index (κ1) is 15.8. The normalized spacial score (nSPS) is 10.1. The number of benzene rings is 1. The van der Waals surface area contributed by atoms with Crippen molar-refractivity contribution >= 4 is 17.4 Å². The highest BCUT2D eigenvalue weighted by Gasteiger charge is 2.10. The fraction of sp³-hybridized carbons (Fsp3) is 0.429. The summed E-state index contributed by atoms with van der Waals surface area (Å²) in [6, 6.07) is 5.52. The lowest BCUT2D eigenvalue weighted by atomic mass is 10.0. The van der Waals surface area contributed by atoms with Crippen molar-refractivity contribution in [3.8, 4) is 0 Å². The Labute approximate surface area is 116 Å². The first-order valence-corrected chi connectivity index (χ1v) is 6.48. The molecule has 0 aliphatic rings. The second-order valence-corrected chi connectivity index (χ2v) is 4.24. The highest BCUT2D eigenvalue weighted by molar-refractivity contribution is 5.96. The lowest BCUT2D eigenvalue weighted by molar-refractivity contribution is -0.384. The van der Waals surface area contributed by atoms with Crippen LogP contribution in [0, 0.1) is 10.1 Å². The lowest BCUT2D eigenvalue weighted by Gasteiger charge is -2.02. The van der Waals surface area contributed by atoms with Crippen molar-refractivity contribution in [1.82, 2.24) is 0 Å². The Bertz CT molecular complexity index is 481. The van der Waals surface area contributed by atoms with Crippen LogP contribution >= 0.6 is 0 Å². The van der Waals surface area contributed by atoms with Gasteiger partial charge in [0, 0.05) is 30.5 Å². The molecule has 0 saturated carbocycles. The molecule has 0 fully saturated rings. The van der Waals surface area contributed by atoms with E-state index in [1.54, 1.807) is 6.92 Å². The molecule has 20 heavy (non-hydrogen) atoms. The number of non-ortho nitro benzene ring substituents is 1. The highest BCUT2D eigenvalue weighted by Crippen LogP contribution is 2.14. The zero-order valence-electron chi connectivity index (χ0n) is 11.3. The molecule has 6 heteroatoms. The Balaban J connectivity index is 2.36. The van der Waals surface area contributed by atoms with Crippen LogP contribution in [0.3, 0.4) is 0 Å². The third kappa shape index (κ3) is 5.17. The van der Waals surface area contributed by atoms with Gasteiger partial charge in [0.2, 0.25) is 0 Å². The zero-order chi connectivity index (χ0) is 15.0. The average Bonchev–Trinajstić information content (AvgIpc) is 2.43. The summed E-state index contributed by atoms with van der Waals surface area (Å²) >= 11 is 0. The maximum atomic E-state index is 11.8. The van der Waals surface area contributed by atoms with E-state index in [0.717, 1.165) is 0 Å². The summed E-state index contributed by atoms with van der Waals surface area (Å²) in [6.45, 7) is 2.11. The third-order valence-electron chi connectivity index (χ3n) is 2.74. The smallest absolute Gasteiger partial charge is 0.305 e. The van der Waals surface area contributed by atoms with Gasteiger partial charge in [0.25, 0.3) is 5.69 Å². The summed E-state index contributed by atoms with van der Waals surface area (Å²) < 4.78 is 4.78. The first-order chi connectivity index (χ1) is 9.54. The monoisotopic (exact) mass is 279 g/mol. The number of nitro groups is 1. The number of carbonyl (C=O) groups is 2. The molecule has 0 heterocycles. The molecule has 0 aliphatic carbocycles. The number of carbonyl (C=O) groups excluding carboxylic acids is 2. The van der Waals surface area contributed by atoms with Crippen molar-refractivity contribution in [2.45, 2.75) is 32.6 Å². The molecular weight excluding hydrogens is 262 g/mol. The van der Waals surface area contributed by atoms with Crippen molar-refractivity contribution in [3.05, 3.63) is 39.9 Å². The molecule has 1 rings (SSSR count). The van der Waals surface area contributed by atoms with Crippen LogP contribution in [0.15, 0.2) is 24.3 Å². The van der Waals surface area contributed by atoms with E-state index in [1.807, 2.05) is 0 Å². The minimum absolute atomic E-state index is 0.0381. The van der Waals surface area contributed by atoms with E-state index in [-0.39, 0.29) is 17.4 Å². The van der Waals surface area contributed by atoms with Gasteiger partial charge in [0.15, 0.2) is 5.78 Å². The number of rotatable bonds is 8. The molecule has 0 aromatic heterocycles. The Morgan fingerprint density at radius 3 is 2.30 bits per heavy atom. The first-order valence-electron chi connectivity index (χ1n) is 6.48. The van der Waals surface area contributed by atoms with E-state index in [0.29, 0.717) is 37.9 Å². The summed E-state index contributed by atoms with van der Waals surface area (Å²) in [5.74, 6) is -0.334. The fourth-order valence-electron chi connectivity index (χ4n) is 1.70. The molecule has 0 aliphatic heterocycles. The van der Waals surface area contributed by atoms with Gasteiger partial charge in [-0.1, -0.05) is 0 Å². The Kier molecular flexibility index (Phi) is 6.36. The molecule has 1 aromatic rings. The molecule has 108 valence electrons. The summed E-state index contributed by atoms with van der Waals surface area (Å²) in [7, 11) is 0. The van der Waals surface area contributed by atoms with Crippen LogP contribution in [-0.4, -0.2) is 23.3 Å². The lowest BCUT2D eigenvalue weighted by Crippen LogP contribution is -2.04. The van der Waals surface area contributed by atoms with E-state index >= 15 is 0 Å². The second-order valence-electron chi connectivity index (χ2n) is 4.24. The minimum atomic E-state index is -0.506. The molecule has 0 bridgehead atoms. The predicted octanol–water partition coefficient (Wildman–Crippen LogP) is 2.90. The molecule has 0 unspecified atom stereocenters. The van der Waals surface area contributed by atoms with Crippen LogP contribution in [-0.2, 0) is 9.53 Å². The van der Waals surface area contributed by atoms with Crippen molar-refractivity contribution in [1.29, 1.82) is 0 Å². The Morgan fingerprint density at radius 1 is 1.15 bits per heavy atom. The minimum Gasteiger partial charge on any atom is -0.466 e. The zero-order valence-corrected chi connectivity index (χ0v) is 11.3. The van der Waals surface area contributed by atoms with Gasteiger partial charge in [-0.05, 0) is 31.9 Å². The number of ketones is 1. The molecule has 1 aromatic carbocycles. The summed E-state index contributed by atoms with van der Waals surface area (Å²) in [5, 5.41) is 10.5. The number of unbranched alkanes of at least 4 members (excludes halogenated alkanes) is 1. The van der Waals surface area contributed by atoms with Crippen LogP contribution in [0.5, 0.6) is 0 Å². The van der Waals surface area contributed by atoms with Crippen LogP contribution < -0.4 is 0 Å². The van der Waals surface area contributed by atoms with Gasteiger partial charge in [-0.2, -0.15) is 0 Å². The van der Waals surface area contributed by atoms with Gasteiger partial charge < -0.3 is 4.74 Å². The molecule has 6 nitrogen and oxygen atoms in total. The van der Waals surface area contributed by atoms with Gasteiger partial charge >= 0.3 is 5.97 Å². The van der Waals surface area contributed by atoms with E-state index < -0.39 is 4.92 Å². The number of ether oxygens (including phenoxy) is 1. The standard InChI is InChI=1S/C14H17NO5/c1-2-20-14(17)6-4-3-5-13(16)11-7-9-12(10-8-11)15(18)19/h7-10H,2-6H2,1H3. The fourth-order valence-corrected chi connectivity index (χ4v) is 1.70. The molecule has 0 radical (unpaired) electrons. The van der Waals surface area contributed by atoms with Crippen molar-refractivity contribution in [2.75, 3.05) is 6.61 Å². The topological polar surface area (TPSA) is 86.5 Å². The van der Waals surface area contributed by atoms with Crippen molar-refractivity contribution in [3.63, 3.8) is 0 Å². The summed E-state index contributed by atoms with van der Waals surface area (Å²) in [6.07, 6.45) is 1.81. The molecule has 0 atom stereocenters. The van der Waals surface area contributed by atoms with Gasteiger partial charge in [0.05, 0.1) is 11.5 Å². The highest BCUT2D eigenvalue weighted by atomic mass is 16.6. The number of Topliss-reactive ketones (excluding diaryl/α,β-unsaturated/α-hetero) is 1. The van der Waals surface area contributed by atoms with Gasteiger partial charge in [-0.25, -0.2) is 0 Å². The van der Waals surface area contributed by atoms with E-state index in [9.17, 15) is 19.7 Å². The predicted molar refractivity (Wildman–Crippen MR) is 72.5 cm³/mol. The number of hydrogen-bond donors (Lipinski definition) is 0. The summed E-state index contributed by atoms with van der Waals surface area (Å²) in [4.78, 5) is 32.9. The van der Waals surface area contributed by atoms with E-state index in [1.165, 1.54) is 24.3 Å². The van der Waals surface area contributed by atoms with Crippen LogP contribution in [0.4, 0.5) is 5.69 Å². The van der Waals surface area contributed by atoms with Crippen LogP contribution in [0.1, 0.15) is 43.0 Å². The second kappa shape index (κ2) is 8.04. The van der Waals surface area contributed by atoms with E-state index in [4.69, 9.17) is 4.74 Å². The quantitative estimate of drug-likeness (QED) is 0.240. The molecular formula is C14H17NO5. The third-order valence-corrected chi connectivity index (χ3v) is 2.74. The van der Waals surface area contributed by atoms with Crippen molar-refractivity contribution in [2.24, 2.45) is 0 Å². The number of hydrogen-bond acceptors (Lipinski definition) is 5. The van der Waals surface area contributed by atoms with Crippen molar-refractivity contribution < 1.29 is 19.2 Å². The SMILES string of the molecule is CCOC(=O)CCCCC(=O)c1ccc([N+](=O)[O-])cc1. The largest absolute Gasteiger partial charge is 0.466 e. The number of nitro benzene ring substituents is 1. The maximum Gasteiger partial charge on any atom is 0.305 e. The van der Waals surface area contributed by atoms with Gasteiger partial charge in [0.1, 0.15) is 0 Å². The number of esters is 1. The van der Waals surface area contributed by atoms with Crippen LogP contribution in [0.2, 0.25) is 0 Å². The molecule has 0 saturated heterocycles.